The number of hydrogen-bond acceptors (Lipinski definition) is 5. The number of nitrogens with one attached hydrogen (secondary N) is 1. The van der Waals surface area contributed by atoms with Crippen molar-refractivity contribution in [3.63, 3.8) is 0 Å². The minimum atomic E-state index is -0.864. The molecule has 2 aromatic rings. The van der Waals surface area contributed by atoms with Gasteiger partial charge in [0.25, 0.3) is 11.8 Å². The molecular formula is C23H21ClN2O5. The minimum Gasteiger partial charge on any atom is -0.493 e. The number of halogens is 1. The highest BCUT2D eigenvalue weighted by molar-refractivity contribution is 6.42. The Kier molecular flexibility index (Phi) is 6.77. The normalized spacial score (nSPS) is 15.1. The number of anilines is 1. The number of benzene rings is 2. The van der Waals surface area contributed by atoms with Gasteiger partial charge < -0.3 is 9.47 Å². The summed E-state index contributed by atoms with van der Waals surface area (Å²) >= 11 is 6.16. The van der Waals surface area contributed by atoms with Crippen molar-refractivity contribution in [2.24, 2.45) is 0 Å². The number of rotatable bonds is 7. The molecule has 0 spiro atoms. The van der Waals surface area contributed by atoms with Gasteiger partial charge in [-0.3, -0.25) is 14.9 Å². The maximum absolute atomic E-state index is 13.1. The van der Waals surface area contributed by atoms with Crippen LogP contribution in [0.15, 0.2) is 54.6 Å². The largest absolute Gasteiger partial charge is 0.493 e. The van der Waals surface area contributed by atoms with Crippen LogP contribution in [0, 0.1) is 0 Å². The maximum atomic E-state index is 13.1. The van der Waals surface area contributed by atoms with Gasteiger partial charge in [0.1, 0.15) is 5.57 Å². The molecule has 1 aliphatic rings. The van der Waals surface area contributed by atoms with E-state index < -0.39 is 17.8 Å². The lowest BCUT2D eigenvalue weighted by Gasteiger charge is -2.27. The summed E-state index contributed by atoms with van der Waals surface area (Å²) in [5.41, 5.74) is 1.28. The van der Waals surface area contributed by atoms with Crippen molar-refractivity contribution in [3.05, 3.63) is 70.8 Å². The average molecular weight is 441 g/mol. The fourth-order valence-corrected chi connectivity index (χ4v) is 3.43. The highest BCUT2D eigenvalue weighted by atomic mass is 35.5. The molecule has 1 fully saturated rings. The third-order valence-corrected chi connectivity index (χ3v) is 4.85. The minimum absolute atomic E-state index is 0.182. The standard InChI is InChI=1S/C23H21ClN2O5/c1-4-8-15-11-14(13-19(30-3)20(15)31-5-2)12-16-21(27)25-23(29)26(22(16)28)18-10-7-6-9-17(18)24/h4,6-7,9-13H,1,5,8H2,2-3H3,(H,25,27,29)/b16-12+. The Hall–Kier alpha value is -3.58. The van der Waals surface area contributed by atoms with Crippen molar-refractivity contribution < 1.29 is 23.9 Å². The number of carbonyl (C=O) groups is 3. The van der Waals surface area contributed by atoms with Crippen LogP contribution >= 0.6 is 11.6 Å². The molecule has 0 aliphatic carbocycles. The molecule has 1 aliphatic heterocycles. The Morgan fingerprint density at radius 1 is 1.19 bits per heavy atom. The van der Waals surface area contributed by atoms with Crippen molar-refractivity contribution in [1.29, 1.82) is 0 Å². The summed E-state index contributed by atoms with van der Waals surface area (Å²) < 4.78 is 11.1. The number of imide groups is 2. The van der Waals surface area contributed by atoms with Gasteiger partial charge in [0.15, 0.2) is 11.5 Å². The molecule has 8 heteroatoms. The van der Waals surface area contributed by atoms with Crippen LogP contribution in [-0.4, -0.2) is 31.6 Å². The van der Waals surface area contributed by atoms with E-state index in [0.29, 0.717) is 30.1 Å². The smallest absolute Gasteiger partial charge is 0.335 e. The molecule has 2 aromatic carbocycles. The van der Waals surface area contributed by atoms with E-state index in [1.807, 2.05) is 6.92 Å². The number of allylic oxidation sites excluding steroid dienone is 1. The number of nitrogens with zero attached hydrogens (tertiary/aromatic N) is 1. The van der Waals surface area contributed by atoms with Crippen molar-refractivity contribution in [1.82, 2.24) is 5.32 Å². The van der Waals surface area contributed by atoms with Crippen LogP contribution in [0.25, 0.3) is 6.08 Å². The lowest BCUT2D eigenvalue weighted by molar-refractivity contribution is -0.122. The van der Waals surface area contributed by atoms with Crippen LogP contribution < -0.4 is 19.7 Å². The molecule has 0 aromatic heterocycles. The van der Waals surface area contributed by atoms with Crippen LogP contribution in [0.1, 0.15) is 18.1 Å². The van der Waals surface area contributed by atoms with Crippen molar-refractivity contribution in [2.75, 3.05) is 18.6 Å². The second-order valence-electron chi connectivity index (χ2n) is 6.55. The average Bonchev–Trinajstić information content (AvgIpc) is 2.74. The van der Waals surface area contributed by atoms with Gasteiger partial charge in [0.2, 0.25) is 0 Å². The first-order chi connectivity index (χ1) is 14.9. The van der Waals surface area contributed by atoms with Crippen LogP contribution in [0.3, 0.4) is 0 Å². The number of amides is 4. The van der Waals surface area contributed by atoms with E-state index in [4.69, 9.17) is 21.1 Å². The molecule has 7 nitrogen and oxygen atoms in total. The molecule has 0 radical (unpaired) electrons. The molecule has 1 saturated heterocycles. The number of barbiturate groups is 1. The summed E-state index contributed by atoms with van der Waals surface area (Å²) in [7, 11) is 1.50. The summed E-state index contributed by atoms with van der Waals surface area (Å²) in [4.78, 5) is 38.7. The predicted octanol–water partition coefficient (Wildman–Crippen LogP) is 4.14. The Bertz CT molecular complexity index is 1090. The monoisotopic (exact) mass is 440 g/mol. The topological polar surface area (TPSA) is 84.9 Å². The van der Waals surface area contributed by atoms with Crippen molar-refractivity contribution in [3.8, 4) is 11.5 Å². The van der Waals surface area contributed by atoms with Crippen molar-refractivity contribution >= 4 is 41.2 Å². The van der Waals surface area contributed by atoms with Gasteiger partial charge in [-0.1, -0.05) is 29.8 Å². The van der Waals surface area contributed by atoms with E-state index in [0.717, 1.165) is 10.5 Å². The first-order valence-corrected chi connectivity index (χ1v) is 9.89. The molecule has 1 heterocycles. The zero-order valence-corrected chi connectivity index (χ0v) is 17.9. The van der Waals surface area contributed by atoms with E-state index in [-0.39, 0.29) is 16.3 Å². The number of ether oxygens (including phenoxy) is 2. The van der Waals surface area contributed by atoms with E-state index in [2.05, 4.69) is 11.9 Å². The van der Waals surface area contributed by atoms with Crippen LogP contribution in [0.2, 0.25) is 5.02 Å². The zero-order chi connectivity index (χ0) is 22.5. The van der Waals surface area contributed by atoms with Gasteiger partial charge in [-0.15, -0.1) is 6.58 Å². The quantitative estimate of drug-likeness (QED) is 0.397. The Morgan fingerprint density at radius 3 is 2.58 bits per heavy atom. The lowest BCUT2D eigenvalue weighted by atomic mass is 10.0. The Morgan fingerprint density at radius 2 is 1.94 bits per heavy atom. The third kappa shape index (κ3) is 4.46. The summed E-state index contributed by atoms with van der Waals surface area (Å²) in [5.74, 6) is -0.550. The number of hydrogen-bond donors (Lipinski definition) is 1. The molecular weight excluding hydrogens is 420 g/mol. The predicted molar refractivity (Wildman–Crippen MR) is 119 cm³/mol. The SMILES string of the molecule is C=CCc1cc(/C=C2\C(=O)NC(=O)N(c3ccccc3Cl)C2=O)cc(OC)c1OCC. The molecule has 31 heavy (non-hydrogen) atoms. The first kappa shape index (κ1) is 22.1. The zero-order valence-electron chi connectivity index (χ0n) is 17.1. The number of para-hydroxylation sites is 1. The third-order valence-electron chi connectivity index (χ3n) is 4.53. The summed E-state index contributed by atoms with van der Waals surface area (Å²) in [5, 5.41) is 2.39. The van der Waals surface area contributed by atoms with Gasteiger partial charge in [-0.25, -0.2) is 9.69 Å². The van der Waals surface area contributed by atoms with E-state index in [1.54, 1.807) is 36.4 Å². The van der Waals surface area contributed by atoms with Crippen LogP contribution in [-0.2, 0) is 16.0 Å². The highest BCUT2D eigenvalue weighted by Crippen LogP contribution is 2.35. The fraction of sp³-hybridized carbons (Fsp3) is 0.174. The fourth-order valence-electron chi connectivity index (χ4n) is 3.21. The first-order valence-electron chi connectivity index (χ1n) is 9.51. The van der Waals surface area contributed by atoms with E-state index in [1.165, 1.54) is 19.3 Å². The second kappa shape index (κ2) is 9.49. The maximum Gasteiger partial charge on any atom is 0.335 e. The van der Waals surface area contributed by atoms with Gasteiger partial charge in [0, 0.05) is 5.56 Å². The molecule has 1 N–H and O–H groups in total. The molecule has 0 unspecified atom stereocenters. The summed E-state index contributed by atoms with van der Waals surface area (Å²) in [6.07, 6.45) is 3.61. The van der Waals surface area contributed by atoms with E-state index in [9.17, 15) is 14.4 Å². The Labute approximate surface area is 184 Å². The van der Waals surface area contributed by atoms with Crippen LogP contribution in [0.5, 0.6) is 11.5 Å². The molecule has 160 valence electrons. The molecule has 0 bridgehead atoms. The van der Waals surface area contributed by atoms with Gasteiger partial charge in [-0.2, -0.15) is 0 Å². The molecule has 0 saturated carbocycles. The molecule has 0 atom stereocenters. The van der Waals surface area contributed by atoms with Gasteiger partial charge in [0.05, 0.1) is 24.4 Å². The highest BCUT2D eigenvalue weighted by Gasteiger charge is 2.37. The molecule has 4 amide bonds. The number of methoxy groups -OCH3 is 1. The Balaban J connectivity index is 2.09. The summed E-state index contributed by atoms with van der Waals surface area (Å²) in [6.45, 7) is 6.06. The van der Waals surface area contributed by atoms with Gasteiger partial charge in [-0.05, 0) is 49.2 Å². The summed E-state index contributed by atoms with van der Waals surface area (Å²) in [6, 6.07) is 8.96. The van der Waals surface area contributed by atoms with Crippen molar-refractivity contribution in [2.45, 2.75) is 13.3 Å². The molecule has 3 rings (SSSR count). The van der Waals surface area contributed by atoms with E-state index >= 15 is 0 Å². The second-order valence-corrected chi connectivity index (χ2v) is 6.95. The lowest BCUT2D eigenvalue weighted by Crippen LogP contribution is -2.54. The van der Waals surface area contributed by atoms with Gasteiger partial charge >= 0.3 is 6.03 Å². The van der Waals surface area contributed by atoms with Crippen LogP contribution in [0.4, 0.5) is 10.5 Å². The number of carbonyl (C=O) groups excluding carboxylic acids is 3. The number of urea groups is 1.